The molecule has 2 aromatic carbocycles. The normalized spacial score (nSPS) is 15.3. The molecule has 0 saturated carbocycles. The molecule has 1 heterocycles. The highest BCUT2D eigenvalue weighted by atomic mass is 32.2. The summed E-state index contributed by atoms with van der Waals surface area (Å²) in [6, 6.07) is 11.6. The van der Waals surface area contributed by atoms with Crippen LogP contribution in [0.15, 0.2) is 53.4 Å². The lowest BCUT2D eigenvalue weighted by Crippen LogP contribution is -2.37. The fourth-order valence-corrected chi connectivity index (χ4v) is 3.83. The fourth-order valence-electron chi connectivity index (χ4n) is 2.30. The molecule has 0 unspecified atom stereocenters. The van der Waals surface area contributed by atoms with Crippen molar-refractivity contribution in [1.29, 1.82) is 0 Å². The molecule has 8 heteroatoms. The maximum atomic E-state index is 12.3. The zero-order valence-corrected chi connectivity index (χ0v) is 12.6. The number of carbonyl (C=O) groups excluding carboxylic acids is 2. The first-order valence-corrected chi connectivity index (χ1v) is 8.08. The average Bonchev–Trinajstić information content (AvgIpc) is 2.69. The molecule has 2 amide bonds. The SMILES string of the molecule is O=C(CN1C(=O)c2ccccc2S1(=O)=O)Nc1cccc(O)c1. The van der Waals surface area contributed by atoms with Crippen molar-refractivity contribution >= 4 is 27.5 Å². The van der Waals surface area contributed by atoms with Gasteiger partial charge in [-0.2, -0.15) is 0 Å². The van der Waals surface area contributed by atoms with E-state index in [1.165, 1.54) is 42.5 Å². The Balaban J connectivity index is 1.81. The second kappa shape index (κ2) is 5.40. The Morgan fingerprint density at radius 1 is 1.13 bits per heavy atom. The second-order valence-electron chi connectivity index (χ2n) is 4.91. The maximum absolute atomic E-state index is 12.3. The molecule has 2 aromatic rings. The van der Waals surface area contributed by atoms with Crippen molar-refractivity contribution in [2.75, 3.05) is 11.9 Å². The van der Waals surface area contributed by atoms with Crippen molar-refractivity contribution in [2.24, 2.45) is 0 Å². The van der Waals surface area contributed by atoms with Crippen LogP contribution in [0.25, 0.3) is 0 Å². The summed E-state index contributed by atoms with van der Waals surface area (Å²) in [7, 11) is -4.02. The molecule has 1 aliphatic heterocycles. The summed E-state index contributed by atoms with van der Waals surface area (Å²) >= 11 is 0. The Labute approximate surface area is 132 Å². The van der Waals surface area contributed by atoms with Crippen molar-refractivity contribution in [1.82, 2.24) is 4.31 Å². The molecule has 7 nitrogen and oxygen atoms in total. The van der Waals surface area contributed by atoms with E-state index < -0.39 is 28.4 Å². The highest BCUT2D eigenvalue weighted by Crippen LogP contribution is 2.29. The van der Waals surface area contributed by atoms with Crippen LogP contribution in [0.5, 0.6) is 5.75 Å². The van der Waals surface area contributed by atoms with Gasteiger partial charge in [0.2, 0.25) is 5.91 Å². The summed E-state index contributed by atoms with van der Waals surface area (Å²) in [5.74, 6) is -1.45. The number of hydrogen-bond donors (Lipinski definition) is 2. The average molecular weight is 332 g/mol. The fraction of sp³-hybridized carbons (Fsp3) is 0.0667. The molecule has 0 spiro atoms. The minimum Gasteiger partial charge on any atom is -0.508 e. The number of anilines is 1. The first-order valence-electron chi connectivity index (χ1n) is 6.64. The van der Waals surface area contributed by atoms with E-state index in [0.717, 1.165) is 0 Å². The van der Waals surface area contributed by atoms with Crippen molar-refractivity contribution in [2.45, 2.75) is 4.90 Å². The number of fused-ring (bicyclic) bond motifs is 1. The van der Waals surface area contributed by atoms with Crippen LogP contribution in [0.2, 0.25) is 0 Å². The molecule has 3 rings (SSSR count). The molecule has 0 bridgehead atoms. The number of hydrogen-bond acceptors (Lipinski definition) is 5. The number of nitrogens with one attached hydrogen (secondary N) is 1. The van der Waals surface area contributed by atoms with E-state index in [9.17, 15) is 23.1 Å². The minimum absolute atomic E-state index is 0.0416. The van der Waals surface area contributed by atoms with Crippen molar-refractivity contribution in [3.05, 3.63) is 54.1 Å². The highest BCUT2D eigenvalue weighted by Gasteiger charge is 2.41. The molecule has 0 fully saturated rings. The zero-order valence-electron chi connectivity index (χ0n) is 11.8. The Morgan fingerprint density at radius 3 is 2.57 bits per heavy atom. The van der Waals surface area contributed by atoms with Crippen LogP contribution in [0.1, 0.15) is 10.4 Å². The first-order chi connectivity index (χ1) is 10.9. The number of benzene rings is 2. The van der Waals surface area contributed by atoms with Crippen LogP contribution in [-0.4, -0.2) is 36.2 Å². The Morgan fingerprint density at radius 2 is 1.87 bits per heavy atom. The van der Waals surface area contributed by atoms with E-state index >= 15 is 0 Å². The van der Waals surface area contributed by atoms with E-state index in [0.29, 0.717) is 9.99 Å². The van der Waals surface area contributed by atoms with Crippen molar-refractivity contribution in [3.63, 3.8) is 0 Å². The Bertz CT molecular complexity index is 908. The first kappa shape index (κ1) is 15.0. The number of rotatable bonds is 3. The maximum Gasteiger partial charge on any atom is 0.269 e. The van der Waals surface area contributed by atoms with Gasteiger partial charge in [-0.3, -0.25) is 9.59 Å². The molecule has 2 N–H and O–H groups in total. The van der Waals surface area contributed by atoms with E-state index in [2.05, 4.69) is 5.32 Å². The smallest absolute Gasteiger partial charge is 0.269 e. The number of phenolic OH excluding ortho intramolecular Hbond substituents is 1. The number of amides is 2. The van der Waals surface area contributed by atoms with E-state index in [-0.39, 0.29) is 16.2 Å². The molecule has 0 aromatic heterocycles. The predicted octanol–water partition coefficient (Wildman–Crippen LogP) is 1.18. The van der Waals surface area contributed by atoms with Gasteiger partial charge in [-0.15, -0.1) is 0 Å². The van der Waals surface area contributed by atoms with Gasteiger partial charge in [0.25, 0.3) is 15.9 Å². The molecule has 0 saturated heterocycles. The minimum atomic E-state index is -4.02. The van der Waals surface area contributed by atoms with Gasteiger partial charge in [-0.1, -0.05) is 18.2 Å². The van der Waals surface area contributed by atoms with E-state index in [4.69, 9.17) is 0 Å². The van der Waals surface area contributed by atoms with Gasteiger partial charge in [0.05, 0.1) is 5.56 Å². The van der Waals surface area contributed by atoms with Crippen LogP contribution < -0.4 is 5.32 Å². The third-order valence-electron chi connectivity index (χ3n) is 3.33. The molecular weight excluding hydrogens is 320 g/mol. The van der Waals surface area contributed by atoms with Crippen LogP contribution >= 0.6 is 0 Å². The van der Waals surface area contributed by atoms with E-state index in [1.54, 1.807) is 6.07 Å². The molecule has 23 heavy (non-hydrogen) atoms. The summed E-state index contributed by atoms with van der Waals surface area (Å²) in [6.45, 7) is -0.633. The largest absolute Gasteiger partial charge is 0.508 e. The van der Waals surface area contributed by atoms with Crippen molar-refractivity contribution in [3.8, 4) is 5.75 Å². The highest BCUT2D eigenvalue weighted by molar-refractivity contribution is 7.90. The van der Waals surface area contributed by atoms with Gasteiger partial charge in [0, 0.05) is 11.8 Å². The van der Waals surface area contributed by atoms with Gasteiger partial charge in [0.1, 0.15) is 17.2 Å². The molecule has 0 aliphatic carbocycles. The monoisotopic (exact) mass is 332 g/mol. The molecule has 0 atom stereocenters. The third kappa shape index (κ3) is 2.64. The Kier molecular flexibility index (Phi) is 3.53. The zero-order chi connectivity index (χ0) is 16.6. The second-order valence-corrected chi connectivity index (χ2v) is 6.74. The van der Waals surface area contributed by atoms with Gasteiger partial charge in [-0.25, -0.2) is 12.7 Å². The standard InChI is InChI=1S/C15H12N2O5S/c18-11-5-3-4-10(8-11)16-14(19)9-17-15(20)12-6-1-2-7-13(12)23(17,21)22/h1-8,18H,9H2,(H,16,19). The topological polar surface area (TPSA) is 104 Å². The number of nitrogens with zero attached hydrogens (tertiary/aromatic N) is 1. The quantitative estimate of drug-likeness (QED) is 0.878. The number of carbonyl (C=O) groups is 2. The van der Waals surface area contributed by atoms with Crippen LogP contribution in [0.4, 0.5) is 5.69 Å². The van der Waals surface area contributed by atoms with Crippen LogP contribution in [0, 0.1) is 0 Å². The summed E-state index contributed by atoms with van der Waals surface area (Å²) in [5.41, 5.74) is 0.356. The lowest BCUT2D eigenvalue weighted by Gasteiger charge is -2.14. The lowest BCUT2D eigenvalue weighted by atomic mass is 10.2. The molecular formula is C15H12N2O5S. The molecule has 0 radical (unpaired) electrons. The number of aromatic hydroxyl groups is 1. The van der Waals surface area contributed by atoms with Gasteiger partial charge in [-0.05, 0) is 24.3 Å². The summed E-state index contributed by atoms with van der Waals surface area (Å²) in [4.78, 5) is 24.1. The summed E-state index contributed by atoms with van der Waals surface area (Å²) < 4.78 is 25.2. The van der Waals surface area contributed by atoms with Gasteiger partial charge < -0.3 is 10.4 Å². The van der Waals surface area contributed by atoms with Gasteiger partial charge in [0.15, 0.2) is 0 Å². The molecule has 1 aliphatic rings. The van der Waals surface area contributed by atoms with Crippen LogP contribution in [0.3, 0.4) is 0 Å². The van der Waals surface area contributed by atoms with Crippen molar-refractivity contribution < 1.29 is 23.1 Å². The van der Waals surface area contributed by atoms with Gasteiger partial charge >= 0.3 is 0 Å². The summed E-state index contributed by atoms with van der Waals surface area (Å²) in [5, 5.41) is 11.8. The number of phenols is 1. The molecule has 118 valence electrons. The third-order valence-corrected chi connectivity index (χ3v) is 5.12. The van der Waals surface area contributed by atoms with Crippen LogP contribution in [-0.2, 0) is 14.8 Å². The lowest BCUT2D eigenvalue weighted by molar-refractivity contribution is -0.116. The predicted molar refractivity (Wildman–Crippen MR) is 81.4 cm³/mol. The Hall–Kier alpha value is -2.87. The number of sulfonamides is 1. The van der Waals surface area contributed by atoms with E-state index in [1.807, 2.05) is 0 Å². The summed E-state index contributed by atoms with van der Waals surface area (Å²) in [6.07, 6.45) is 0.